The van der Waals surface area contributed by atoms with Gasteiger partial charge in [-0.25, -0.2) is 0 Å². The molecule has 1 heterocycles. The van der Waals surface area contributed by atoms with Crippen molar-refractivity contribution in [2.45, 2.75) is 12.3 Å². The van der Waals surface area contributed by atoms with E-state index in [1.165, 1.54) is 0 Å². The van der Waals surface area contributed by atoms with Gasteiger partial charge in [-0.2, -0.15) is 0 Å². The predicted octanol–water partition coefficient (Wildman–Crippen LogP) is 5.72. The molecule has 0 spiro atoms. The summed E-state index contributed by atoms with van der Waals surface area (Å²) in [6, 6.07) is 13.8. The van der Waals surface area contributed by atoms with Gasteiger partial charge >= 0.3 is 0 Å². The molecule has 1 unspecified atom stereocenters. The first kappa shape index (κ1) is 12.6. The molecule has 0 N–H and O–H groups in total. The van der Waals surface area contributed by atoms with Crippen LogP contribution in [-0.4, -0.2) is 0 Å². The zero-order valence-corrected chi connectivity index (χ0v) is 11.9. The molecular weight excluding hydrogens is 279 g/mol. The highest BCUT2D eigenvalue weighted by atomic mass is 35.5. The van der Waals surface area contributed by atoms with E-state index in [4.69, 9.17) is 27.6 Å². The van der Waals surface area contributed by atoms with E-state index in [0.717, 1.165) is 32.7 Å². The van der Waals surface area contributed by atoms with Crippen molar-refractivity contribution in [2.24, 2.45) is 0 Å². The average molecular weight is 291 g/mol. The summed E-state index contributed by atoms with van der Waals surface area (Å²) < 4.78 is 5.33. The Morgan fingerprint density at radius 3 is 2.47 bits per heavy atom. The minimum absolute atomic E-state index is 0.236. The van der Waals surface area contributed by atoms with Crippen LogP contribution in [0.2, 0.25) is 5.02 Å². The van der Waals surface area contributed by atoms with Gasteiger partial charge < -0.3 is 4.42 Å². The molecule has 1 aromatic heterocycles. The van der Waals surface area contributed by atoms with Crippen LogP contribution in [0.1, 0.15) is 22.3 Å². The summed E-state index contributed by atoms with van der Waals surface area (Å²) in [5.41, 5.74) is 2.01. The second-order valence-corrected chi connectivity index (χ2v) is 5.38. The molecule has 0 fully saturated rings. The highest BCUT2D eigenvalue weighted by molar-refractivity contribution is 6.36. The molecule has 3 heteroatoms. The van der Waals surface area contributed by atoms with E-state index in [2.05, 4.69) is 0 Å². The molecule has 1 nitrogen and oxygen atoms in total. The summed E-state index contributed by atoms with van der Waals surface area (Å²) in [5.74, 6) is 0.860. The standard InChI is InChI=1S/C16H12Cl2O/c1-10-8-11(9-19-10)16(18)14-6-7-15(17)13-5-3-2-4-12(13)14/h2-9,16H,1H3. The molecule has 3 aromatic rings. The average Bonchev–Trinajstić information content (AvgIpc) is 2.86. The monoisotopic (exact) mass is 290 g/mol. The summed E-state index contributed by atoms with van der Waals surface area (Å²) in [6.07, 6.45) is 1.70. The van der Waals surface area contributed by atoms with Crippen molar-refractivity contribution in [3.8, 4) is 0 Å². The first-order valence-corrected chi connectivity index (χ1v) is 6.84. The number of alkyl halides is 1. The normalized spacial score (nSPS) is 12.8. The van der Waals surface area contributed by atoms with Crippen LogP contribution in [0, 0.1) is 6.92 Å². The Morgan fingerprint density at radius 2 is 1.79 bits per heavy atom. The van der Waals surface area contributed by atoms with E-state index < -0.39 is 0 Å². The topological polar surface area (TPSA) is 13.1 Å². The molecule has 96 valence electrons. The van der Waals surface area contributed by atoms with Crippen LogP contribution >= 0.6 is 23.2 Å². The van der Waals surface area contributed by atoms with Gasteiger partial charge in [0.05, 0.1) is 11.6 Å². The van der Waals surface area contributed by atoms with Crippen molar-refractivity contribution in [3.63, 3.8) is 0 Å². The van der Waals surface area contributed by atoms with Crippen molar-refractivity contribution in [2.75, 3.05) is 0 Å². The Labute approximate surface area is 121 Å². The van der Waals surface area contributed by atoms with Crippen LogP contribution in [0.3, 0.4) is 0 Å². The largest absolute Gasteiger partial charge is 0.469 e. The lowest BCUT2D eigenvalue weighted by atomic mass is 9.99. The van der Waals surface area contributed by atoms with Gasteiger partial charge in [0, 0.05) is 16.0 Å². The Bertz CT molecular complexity index is 730. The Morgan fingerprint density at radius 1 is 1.05 bits per heavy atom. The van der Waals surface area contributed by atoms with Gasteiger partial charge in [-0.05, 0) is 30.0 Å². The van der Waals surface area contributed by atoms with E-state index in [9.17, 15) is 0 Å². The van der Waals surface area contributed by atoms with E-state index in [0.29, 0.717) is 0 Å². The first-order chi connectivity index (χ1) is 9.16. The number of fused-ring (bicyclic) bond motifs is 1. The van der Waals surface area contributed by atoms with Gasteiger partial charge in [0.1, 0.15) is 5.76 Å². The molecule has 19 heavy (non-hydrogen) atoms. The number of furan rings is 1. The fourth-order valence-electron chi connectivity index (χ4n) is 2.28. The van der Waals surface area contributed by atoms with E-state index in [-0.39, 0.29) is 5.38 Å². The molecule has 2 aromatic carbocycles. The molecule has 0 bridgehead atoms. The van der Waals surface area contributed by atoms with Crippen LogP contribution in [0.5, 0.6) is 0 Å². The SMILES string of the molecule is Cc1cc(C(Cl)c2ccc(Cl)c3ccccc23)co1. The number of hydrogen-bond acceptors (Lipinski definition) is 1. The van der Waals surface area contributed by atoms with Crippen molar-refractivity contribution in [1.29, 1.82) is 0 Å². The van der Waals surface area contributed by atoms with Crippen molar-refractivity contribution >= 4 is 34.0 Å². The molecule has 0 aliphatic rings. The zero-order chi connectivity index (χ0) is 13.4. The number of halogens is 2. The van der Waals surface area contributed by atoms with Crippen LogP contribution in [-0.2, 0) is 0 Å². The second-order valence-electron chi connectivity index (χ2n) is 4.54. The minimum atomic E-state index is -0.236. The van der Waals surface area contributed by atoms with Crippen LogP contribution in [0.25, 0.3) is 10.8 Å². The van der Waals surface area contributed by atoms with Gasteiger partial charge in [0.15, 0.2) is 0 Å². The molecule has 0 saturated heterocycles. The van der Waals surface area contributed by atoms with E-state index >= 15 is 0 Å². The minimum Gasteiger partial charge on any atom is -0.469 e. The molecule has 0 saturated carbocycles. The lowest BCUT2D eigenvalue weighted by Crippen LogP contribution is -1.93. The number of benzene rings is 2. The summed E-state index contributed by atoms with van der Waals surface area (Å²) in [4.78, 5) is 0. The lowest BCUT2D eigenvalue weighted by Gasteiger charge is -2.12. The van der Waals surface area contributed by atoms with Crippen molar-refractivity contribution < 1.29 is 4.42 Å². The van der Waals surface area contributed by atoms with Crippen molar-refractivity contribution in [3.05, 3.63) is 70.6 Å². The fourth-order valence-corrected chi connectivity index (χ4v) is 2.82. The van der Waals surface area contributed by atoms with Gasteiger partial charge in [-0.15, -0.1) is 11.6 Å². The van der Waals surface area contributed by atoms with Gasteiger partial charge in [0.25, 0.3) is 0 Å². The van der Waals surface area contributed by atoms with E-state index in [1.54, 1.807) is 6.26 Å². The summed E-state index contributed by atoms with van der Waals surface area (Å²) in [6.45, 7) is 1.91. The maximum absolute atomic E-state index is 6.57. The second kappa shape index (κ2) is 4.92. The summed E-state index contributed by atoms with van der Waals surface area (Å²) in [7, 11) is 0. The van der Waals surface area contributed by atoms with Gasteiger partial charge in [-0.3, -0.25) is 0 Å². The zero-order valence-electron chi connectivity index (χ0n) is 10.4. The predicted molar refractivity (Wildman–Crippen MR) is 80.1 cm³/mol. The molecule has 0 aliphatic carbocycles. The first-order valence-electron chi connectivity index (χ1n) is 6.03. The highest BCUT2D eigenvalue weighted by Gasteiger charge is 2.16. The molecule has 0 radical (unpaired) electrons. The van der Waals surface area contributed by atoms with Crippen LogP contribution in [0.4, 0.5) is 0 Å². The maximum Gasteiger partial charge on any atom is 0.101 e. The van der Waals surface area contributed by atoms with Crippen LogP contribution in [0.15, 0.2) is 53.1 Å². The molecule has 0 aliphatic heterocycles. The van der Waals surface area contributed by atoms with Crippen LogP contribution < -0.4 is 0 Å². The summed E-state index contributed by atoms with van der Waals surface area (Å²) in [5, 5.41) is 2.60. The smallest absolute Gasteiger partial charge is 0.101 e. The third-order valence-electron chi connectivity index (χ3n) is 3.22. The molecule has 1 atom stereocenters. The highest BCUT2D eigenvalue weighted by Crippen LogP contribution is 2.36. The number of rotatable bonds is 2. The fraction of sp³-hybridized carbons (Fsp3) is 0.125. The molecule has 0 amide bonds. The van der Waals surface area contributed by atoms with Crippen molar-refractivity contribution in [1.82, 2.24) is 0 Å². The number of aryl methyl sites for hydroxylation is 1. The van der Waals surface area contributed by atoms with E-state index in [1.807, 2.05) is 49.4 Å². The Kier molecular flexibility index (Phi) is 3.26. The third-order valence-corrected chi connectivity index (χ3v) is 4.04. The maximum atomic E-state index is 6.57. The summed E-state index contributed by atoms with van der Waals surface area (Å²) >= 11 is 12.8. The third kappa shape index (κ3) is 2.24. The van der Waals surface area contributed by atoms with Gasteiger partial charge in [-0.1, -0.05) is 41.9 Å². The Hall–Kier alpha value is -1.44. The lowest BCUT2D eigenvalue weighted by molar-refractivity contribution is 0.532. The number of hydrogen-bond donors (Lipinski definition) is 0. The quantitative estimate of drug-likeness (QED) is 0.550. The Balaban J connectivity index is 2.18. The molecule has 3 rings (SSSR count). The van der Waals surface area contributed by atoms with Gasteiger partial charge in [0.2, 0.25) is 0 Å². The molecular formula is C16H12Cl2O.